The quantitative estimate of drug-likeness (QED) is 0.869. The van der Waals surface area contributed by atoms with Gasteiger partial charge in [0.15, 0.2) is 0 Å². The maximum Gasteiger partial charge on any atom is 0.126 e. The first-order valence-corrected chi connectivity index (χ1v) is 6.96. The highest BCUT2D eigenvalue weighted by molar-refractivity contribution is 6.31. The smallest absolute Gasteiger partial charge is 0.126 e. The Kier molecular flexibility index (Phi) is 4.54. The SMILES string of the molecule is CC(C#N)(Cc1ccc(Cl)cc1)Nc1cccc(Cl)c1. The van der Waals surface area contributed by atoms with E-state index in [1.165, 1.54) is 0 Å². The van der Waals surface area contributed by atoms with Crippen LogP contribution in [0.15, 0.2) is 48.5 Å². The summed E-state index contributed by atoms with van der Waals surface area (Å²) in [7, 11) is 0. The Bertz CT molecular complexity index is 632. The monoisotopic (exact) mass is 304 g/mol. The summed E-state index contributed by atoms with van der Waals surface area (Å²) in [4.78, 5) is 0. The zero-order valence-corrected chi connectivity index (χ0v) is 12.5. The number of rotatable bonds is 4. The average Bonchev–Trinajstić information content (AvgIpc) is 2.41. The molecule has 0 fully saturated rings. The molecule has 0 amide bonds. The lowest BCUT2D eigenvalue weighted by Gasteiger charge is -2.25. The number of hydrogen-bond donors (Lipinski definition) is 1. The Morgan fingerprint density at radius 2 is 1.80 bits per heavy atom. The van der Waals surface area contributed by atoms with Gasteiger partial charge in [-0.2, -0.15) is 5.26 Å². The van der Waals surface area contributed by atoms with Gasteiger partial charge in [0, 0.05) is 22.2 Å². The summed E-state index contributed by atoms with van der Waals surface area (Å²) < 4.78 is 0. The van der Waals surface area contributed by atoms with Crippen molar-refractivity contribution in [3.63, 3.8) is 0 Å². The Morgan fingerprint density at radius 1 is 1.10 bits per heavy atom. The summed E-state index contributed by atoms with van der Waals surface area (Å²) in [6, 6.07) is 17.2. The normalized spacial score (nSPS) is 13.3. The number of nitrogens with zero attached hydrogens (tertiary/aromatic N) is 1. The van der Waals surface area contributed by atoms with Crippen molar-refractivity contribution in [3.8, 4) is 6.07 Å². The molecule has 0 aliphatic carbocycles. The topological polar surface area (TPSA) is 35.8 Å². The highest BCUT2D eigenvalue weighted by Gasteiger charge is 2.24. The molecule has 2 rings (SSSR count). The predicted octanol–water partition coefficient (Wildman–Crippen LogP) is 4.93. The number of anilines is 1. The fourth-order valence-electron chi connectivity index (χ4n) is 2.01. The molecule has 0 aliphatic rings. The van der Waals surface area contributed by atoms with E-state index < -0.39 is 5.54 Å². The minimum absolute atomic E-state index is 0.577. The third-order valence-electron chi connectivity index (χ3n) is 2.96. The van der Waals surface area contributed by atoms with E-state index >= 15 is 0 Å². The van der Waals surface area contributed by atoms with Crippen LogP contribution in [0.3, 0.4) is 0 Å². The van der Waals surface area contributed by atoms with Gasteiger partial charge in [-0.15, -0.1) is 0 Å². The molecule has 0 saturated carbocycles. The van der Waals surface area contributed by atoms with Crippen molar-refractivity contribution >= 4 is 28.9 Å². The lowest BCUT2D eigenvalue weighted by Crippen LogP contribution is -2.35. The maximum atomic E-state index is 9.46. The third kappa shape index (κ3) is 3.90. The van der Waals surface area contributed by atoms with Crippen LogP contribution in [0.5, 0.6) is 0 Å². The molecule has 0 spiro atoms. The molecule has 1 N–H and O–H groups in total. The average molecular weight is 305 g/mol. The van der Waals surface area contributed by atoms with Gasteiger partial charge in [0.1, 0.15) is 5.54 Å². The molecule has 0 aromatic heterocycles. The fraction of sp³-hybridized carbons (Fsp3) is 0.188. The van der Waals surface area contributed by atoms with Crippen molar-refractivity contribution in [2.24, 2.45) is 0 Å². The zero-order valence-electron chi connectivity index (χ0n) is 11.0. The van der Waals surface area contributed by atoms with E-state index in [1.54, 1.807) is 12.1 Å². The molecular formula is C16H14Cl2N2. The van der Waals surface area contributed by atoms with Gasteiger partial charge in [-0.1, -0.05) is 41.4 Å². The van der Waals surface area contributed by atoms with Crippen LogP contribution < -0.4 is 5.32 Å². The Morgan fingerprint density at radius 3 is 2.40 bits per heavy atom. The van der Waals surface area contributed by atoms with Gasteiger partial charge in [-0.3, -0.25) is 0 Å². The number of benzene rings is 2. The number of nitrogens with one attached hydrogen (secondary N) is 1. The van der Waals surface area contributed by atoms with Crippen LogP contribution in [0, 0.1) is 11.3 Å². The fourth-order valence-corrected chi connectivity index (χ4v) is 2.32. The van der Waals surface area contributed by atoms with Crippen molar-refractivity contribution in [1.29, 1.82) is 5.26 Å². The molecule has 2 nitrogen and oxygen atoms in total. The van der Waals surface area contributed by atoms with E-state index in [0.29, 0.717) is 16.5 Å². The predicted molar refractivity (Wildman–Crippen MR) is 84.2 cm³/mol. The van der Waals surface area contributed by atoms with Crippen LogP contribution in [-0.4, -0.2) is 5.54 Å². The van der Waals surface area contributed by atoms with Gasteiger partial charge in [-0.25, -0.2) is 0 Å². The summed E-state index contributed by atoms with van der Waals surface area (Å²) in [6.45, 7) is 1.86. The summed E-state index contributed by atoms with van der Waals surface area (Å²) >= 11 is 11.8. The molecule has 0 saturated heterocycles. The summed E-state index contributed by atoms with van der Waals surface area (Å²) in [5.74, 6) is 0. The molecular weight excluding hydrogens is 291 g/mol. The van der Waals surface area contributed by atoms with E-state index in [-0.39, 0.29) is 0 Å². The third-order valence-corrected chi connectivity index (χ3v) is 3.45. The lowest BCUT2D eigenvalue weighted by atomic mass is 9.94. The van der Waals surface area contributed by atoms with E-state index in [9.17, 15) is 5.26 Å². The Balaban J connectivity index is 2.17. The minimum atomic E-state index is -0.710. The second kappa shape index (κ2) is 6.17. The highest BCUT2D eigenvalue weighted by Crippen LogP contribution is 2.22. The van der Waals surface area contributed by atoms with Gasteiger partial charge < -0.3 is 5.32 Å². The highest BCUT2D eigenvalue weighted by atomic mass is 35.5. The second-order valence-corrected chi connectivity index (χ2v) is 5.76. The molecule has 0 aliphatic heterocycles. The Hall–Kier alpha value is -1.69. The minimum Gasteiger partial charge on any atom is -0.367 e. The standard InChI is InChI=1S/C16H14Cl2N2/c1-16(11-19,10-12-5-7-13(17)8-6-12)20-15-4-2-3-14(18)9-15/h2-9,20H,10H2,1H3. The summed E-state index contributed by atoms with van der Waals surface area (Å²) in [6.07, 6.45) is 0.577. The first-order chi connectivity index (χ1) is 9.50. The van der Waals surface area contributed by atoms with Crippen LogP contribution in [0.2, 0.25) is 10.0 Å². The van der Waals surface area contributed by atoms with E-state index in [4.69, 9.17) is 23.2 Å². The lowest BCUT2D eigenvalue weighted by molar-refractivity contribution is 0.646. The summed E-state index contributed by atoms with van der Waals surface area (Å²) in [5.41, 5.74) is 1.17. The molecule has 1 atom stereocenters. The van der Waals surface area contributed by atoms with Crippen molar-refractivity contribution in [1.82, 2.24) is 0 Å². The number of nitriles is 1. The van der Waals surface area contributed by atoms with Gasteiger partial charge >= 0.3 is 0 Å². The second-order valence-electron chi connectivity index (χ2n) is 4.88. The van der Waals surface area contributed by atoms with Crippen LogP contribution >= 0.6 is 23.2 Å². The first kappa shape index (κ1) is 14.7. The van der Waals surface area contributed by atoms with E-state index in [1.807, 2.05) is 43.3 Å². The molecule has 0 heterocycles. The van der Waals surface area contributed by atoms with Crippen molar-refractivity contribution in [2.75, 3.05) is 5.32 Å². The van der Waals surface area contributed by atoms with Gasteiger partial charge in [0.25, 0.3) is 0 Å². The van der Waals surface area contributed by atoms with Gasteiger partial charge in [0.2, 0.25) is 0 Å². The molecule has 0 bridgehead atoms. The molecule has 2 aromatic carbocycles. The maximum absolute atomic E-state index is 9.46. The molecule has 102 valence electrons. The number of hydrogen-bond acceptors (Lipinski definition) is 2. The largest absolute Gasteiger partial charge is 0.367 e. The molecule has 20 heavy (non-hydrogen) atoms. The van der Waals surface area contributed by atoms with Crippen molar-refractivity contribution in [3.05, 3.63) is 64.1 Å². The van der Waals surface area contributed by atoms with E-state index in [2.05, 4.69) is 11.4 Å². The van der Waals surface area contributed by atoms with Gasteiger partial charge in [-0.05, 0) is 42.8 Å². The first-order valence-electron chi connectivity index (χ1n) is 6.20. The van der Waals surface area contributed by atoms with Crippen molar-refractivity contribution < 1.29 is 0 Å². The van der Waals surface area contributed by atoms with Gasteiger partial charge in [0.05, 0.1) is 6.07 Å². The zero-order chi connectivity index (χ0) is 14.6. The Labute approximate surface area is 128 Å². The number of halogens is 2. The molecule has 1 unspecified atom stereocenters. The van der Waals surface area contributed by atoms with E-state index in [0.717, 1.165) is 11.3 Å². The van der Waals surface area contributed by atoms with Crippen LogP contribution in [0.1, 0.15) is 12.5 Å². The molecule has 0 radical (unpaired) electrons. The van der Waals surface area contributed by atoms with Crippen LogP contribution in [0.25, 0.3) is 0 Å². The van der Waals surface area contributed by atoms with Crippen LogP contribution in [0.4, 0.5) is 5.69 Å². The van der Waals surface area contributed by atoms with Crippen LogP contribution in [-0.2, 0) is 6.42 Å². The molecule has 2 aromatic rings. The summed E-state index contributed by atoms with van der Waals surface area (Å²) in [5, 5.41) is 14.0. The molecule has 4 heteroatoms. The van der Waals surface area contributed by atoms with Crippen molar-refractivity contribution in [2.45, 2.75) is 18.9 Å².